The Morgan fingerprint density at radius 3 is 3.05 bits per heavy atom. The number of hydrogen-bond donors (Lipinski definition) is 1. The molecule has 19 heavy (non-hydrogen) atoms. The van der Waals surface area contributed by atoms with Crippen LogP contribution < -0.4 is 5.73 Å². The van der Waals surface area contributed by atoms with E-state index in [-0.39, 0.29) is 18.3 Å². The summed E-state index contributed by atoms with van der Waals surface area (Å²) >= 11 is 1.53. The predicted octanol–water partition coefficient (Wildman–Crippen LogP) is 2.47. The summed E-state index contributed by atoms with van der Waals surface area (Å²) in [7, 11) is 0. The smallest absolute Gasteiger partial charge is 0.273 e. The maximum atomic E-state index is 12.4. The van der Waals surface area contributed by atoms with Crippen molar-refractivity contribution in [3.05, 3.63) is 16.1 Å². The van der Waals surface area contributed by atoms with Crippen molar-refractivity contribution in [2.75, 3.05) is 13.1 Å². The summed E-state index contributed by atoms with van der Waals surface area (Å²) in [5.41, 5.74) is 6.10. The Balaban J connectivity index is 0.00000180. The van der Waals surface area contributed by atoms with Crippen LogP contribution in [0.2, 0.25) is 0 Å². The fourth-order valence-corrected chi connectivity index (χ4v) is 3.16. The molecule has 1 aromatic rings. The summed E-state index contributed by atoms with van der Waals surface area (Å²) in [4.78, 5) is 18.8. The van der Waals surface area contributed by atoms with Crippen LogP contribution in [0.1, 0.15) is 48.1 Å². The van der Waals surface area contributed by atoms with Gasteiger partial charge in [-0.2, -0.15) is 0 Å². The number of hydrogen-bond acceptors (Lipinski definition) is 4. The minimum atomic E-state index is 0. The Labute approximate surface area is 124 Å². The molecule has 1 aliphatic rings. The number of nitrogens with zero attached hydrogens (tertiary/aromatic N) is 2. The van der Waals surface area contributed by atoms with Gasteiger partial charge in [-0.1, -0.05) is 12.8 Å². The van der Waals surface area contributed by atoms with Crippen molar-refractivity contribution >= 4 is 29.7 Å². The standard InChI is InChI=1S/C13H21N3OS.ClH/c1-10-5-3-2-4-8-16(10)13(17)11-9-18-12(15-11)6-7-14;/h9-10H,2-8,14H2,1H3;1H. The molecule has 1 saturated heterocycles. The molecule has 108 valence electrons. The monoisotopic (exact) mass is 303 g/mol. The van der Waals surface area contributed by atoms with Crippen molar-refractivity contribution in [2.45, 2.75) is 45.1 Å². The first-order chi connectivity index (χ1) is 8.72. The third-order valence-electron chi connectivity index (χ3n) is 3.44. The van der Waals surface area contributed by atoms with Crippen molar-refractivity contribution in [1.82, 2.24) is 9.88 Å². The van der Waals surface area contributed by atoms with Gasteiger partial charge in [0, 0.05) is 24.4 Å². The Hall–Kier alpha value is -0.650. The topological polar surface area (TPSA) is 59.2 Å². The highest BCUT2D eigenvalue weighted by atomic mass is 35.5. The highest BCUT2D eigenvalue weighted by molar-refractivity contribution is 7.09. The number of carbonyl (C=O) groups is 1. The number of rotatable bonds is 3. The van der Waals surface area contributed by atoms with Crippen LogP contribution in [-0.4, -0.2) is 34.9 Å². The second kappa shape index (κ2) is 7.82. The van der Waals surface area contributed by atoms with Crippen LogP contribution in [0.3, 0.4) is 0 Å². The lowest BCUT2D eigenvalue weighted by Gasteiger charge is -2.26. The first-order valence-electron chi connectivity index (χ1n) is 6.68. The Morgan fingerprint density at radius 1 is 1.53 bits per heavy atom. The van der Waals surface area contributed by atoms with E-state index < -0.39 is 0 Å². The van der Waals surface area contributed by atoms with Gasteiger partial charge in [-0.05, 0) is 26.3 Å². The number of amides is 1. The SMILES string of the molecule is CC1CCCCCN1C(=O)c1csc(CCN)n1.Cl. The molecule has 0 radical (unpaired) electrons. The van der Waals surface area contributed by atoms with Crippen LogP contribution >= 0.6 is 23.7 Å². The molecule has 0 spiro atoms. The molecular weight excluding hydrogens is 282 g/mol. The van der Waals surface area contributed by atoms with E-state index in [0.717, 1.165) is 30.8 Å². The van der Waals surface area contributed by atoms with Gasteiger partial charge in [-0.15, -0.1) is 23.7 Å². The molecule has 0 aromatic carbocycles. The minimum absolute atomic E-state index is 0. The minimum Gasteiger partial charge on any atom is -0.335 e. The van der Waals surface area contributed by atoms with Gasteiger partial charge in [0.1, 0.15) is 5.69 Å². The highest BCUT2D eigenvalue weighted by Crippen LogP contribution is 2.20. The molecule has 0 saturated carbocycles. The van der Waals surface area contributed by atoms with Gasteiger partial charge in [0.05, 0.1) is 5.01 Å². The Bertz CT molecular complexity index is 410. The maximum Gasteiger partial charge on any atom is 0.273 e. The van der Waals surface area contributed by atoms with E-state index in [0.29, 0.717) is 18.3 Å². The number of halogens is 1. The van der Waals surface area contributed by atoms with E-state index in [1.165, 1.54) is 24.2 Å². The highest BCUT2D eigenvalue weighted by Gasteiger charge is 2.24. The van der Waals surface area contributed by atoms with E-state index >= 15 is 0 Å². The van der Waals surface area contributed by atoms with E-state index in [2.05, 4.69) is 11.9 Å². The molecule has 0 bridgehead atoms. The molecule has 2 rings (SSSR count). The lowest BCUT2D eigenvalue weighted by molar-refractivity contribution is 0.0692. The molecule has 1 aliphatic heterocycles. The van der Waals surface area contributed by atoms with Gasteiger partial charge in [0.25, 0.3) is 5.91 Å². The van der Waals surface area contributed by atoms with Crippen LogP contribution in [0.5, 0.6) is 0 Å². The van der Waals surface area contributed by atoms with E-state index in [1.807, 2.05) is 10.3 Å². The molecule has 1 fully saturated rings. The van der Waals surface area contributed by atoms with Crippen LogP contribution in [0, 0.1) is 0 Å². The van der Waals surface area contributed by atoms with Gasteiger partial charge >= 0.3 is 0 Å². The number of likely N-dealkylation sites (tertiary alicyclic amines) is 1. The second-order valence-corrected chi connectivity index (χ2v) is 5.80. The Morgan fingerprint density at radius 2 is 2.32 bits per heavy atom. The summed E-state index contributed by atoms with van der Waals surface area (Å²) in [5, 5.41) is 2.83. The average molecular weight is 304 g/mol. The van der Waals surface area contributed by atoms with E-state index in [1.54, 1.807) is 0 Å². The van der Waals surface area contributed by atoms with Crippen LogP contribution in [0.25, 0.3) is 0 Å². The fraction of sp³-hybridized carbons (Fsp3) is 0.692. The van der Waals surface area contributed by atoms with Crippen molar-refractivity contribution in [3.8, 4) is 0 Å². The second-order valence-electron chi connectivity index (χ2n) is 4.86. The summed E-state index contributed by atoms with van der Waals surface area (Å²) in [6.07, 6.45) is 5.42. The molecule has 1 aromatic heterocycles. The summed E-state index contributed by atoms with van der Waals surface area (Å²) in [6.45, 7) is 3.58. The van der Waals surface area contributed by atoms with Crippen LogP contribution in [0.4, 0.5) is 0 Å². The van der Waals surface area contributed by atoms with Crippen LogP contribution in [0.15, 0.2) is 5.38 Å². The summed E-state index contributed by atoms with van der Waals surface area (Å²) in [5.74, 6) is 0.0870. The molecule has 0 aliphatic carbocycles. The van der Waals surface area contributed by atoms with E-state index in [4.69, 9.17) is 5.73 Å². The molecule has 6 heteroatoms. The number of carbonyl (C=O) groups excluding carboxylic acids is 1. The van der Waals surface area contributed by atoms with Crippen molar-refractivity contribution < 1.29 is 4.79 Å². The maximum absolute atomic E-state index is 12.4. The zero-order valence-electron chi connectivity index (χ0n) is 11.3. The van der Waals surface area contributed by atoms with Crippen LogP contribution in [-0.2, 0) is 6.42 Å². The molecule has 1 atom stereocenters. The summed E-state index contributed by atoms with van der Waals surface area (Å²) < 4.78 is 0. The van der Waals surface area contributed by atoms with Gasteiger partial charge < -0.3 is 10.6 Å². The first kappa shape index (κ1) is 16.4. The van der Waals surface area contributed by atoms with Crippen molar-refractivity contribution in [2.24, 2.45) is 5.73 Å². The molecule has 1 unspecified atom stereocenters. The van der Waals surface area contributed by atoms with E-state index in [9.17, 15) is 4.79 Å². The normalized spacial score (nSPS) is 19.7. The third kappa shape index (κ3) is 4.16. The predicted molar refractivity (Wildman–Crippen MR) is 81.1 cm³/mol. The summed E-state index contributed by atoms with van der Waals surface area (Å²) in [6, 6.07) is 0.333. The molecular formula is C13H22ClN3OS. The lowest BCUT2D eigenvalue weighted by Crippen LogP contribution is -2.38. The van der Waals surface area contributed by atoms with Gasteiger partial charge in [-0.25, -0.2) is 4.98 Å². The lowest BCUT2D eigenvalue weighted by atomic mass is 10.1. The number of aromatic nitrogens is 1. The zero-order chi connectivity index (χ0) is 13.0. The fourth-order valence-electron chi connectivity index (χ4n) is 2.37. The van der Waals surface area contributed by atoms with Crippen molar-refractivity contribution in [1.29, 1.82) is 0 Å². The molecule has 4 nitrogen and oxygen atoms in total. The molecule has 1 amide bonds. The molecule has 2 N–H and O–H groups in total. The number of nitrogens with two attached hydrogens (primary N) is 1. The molecule has 2 heterocycles. The van der Waals surface area contributed by atoms with Crippen molar-refractivity contribution in [3.63, 3.8) is 0 Å². The number of thiazole rings is 1. The zero-order valence-corrected chi connectivity index (χ0v) is 12.9. The largest absolute Gasteiger partial charge is 0.335 e. The quantitative estimate of drug-likeness (QED) is 0.933. The van der Waals surface area contributed by atoms with Gasteiger partial charge in [-0.3, -0.25) is 4.79 Å². The van der Waals surface area contributed by atoms with Gasteiger partial charge in [0.15, 0.2) is 0 Å². The van der Waals surface area contributed by atoms with Gasteiger partial charge in [0.2, 0.25) is 0 Å². The third-order valence-corrected chi connectivity index (χ3v) is 4.35. The average Bonchev–Trinajstić information content (AvgIpc) is 2.71. The first-order valence-corrected chi connectivity index (χ1v) is 7.55. The Kier molecular flexibility index (Phi) is 6.75.